The van der Waals surface area contributed by atoms with E-state index in [0.29, 0.717) is 5.56 Å². The number of carboxylic acids is 1. The molecule has 3 aromatic rings. The molecule has 0 radical (unpaired) electrons. The van der Waals surface area contributed by atoms with Gasteiger partial charge in [-0.1, -0.05) is 72.8 Å². The molecule has 0 aliphatic carbocycles. The molecule has 3 rings (SSSR count). The van der Waals surface area contributed by atoms with E-state index in [0.717, 1.165) is 16.2 Å². The van der Waals surface area contributed by atoms with E-state index in [9.17, 15) is 18.8 Å². The highest BCUT2D eigenvalue weighted by Gasteiger charge is 2.26. The van der Waals surface area contributed by atoms with Gasteiger partial charge in [0.15, 0.2) is 0 Å². The van der Waals surface area contributed by atoms with Crippen molar-refractivity contribution in [3.05, 3.63) is 107 Å². The van der Waals surface area contributed by atoms with Crippen molar-refractivity contribution >= 4 is 17.8 Å². The van der Waals surface area contributed by atoms with E-state index < -0.39 is 36.1 Å². The number of aliphatic carboxylic acids is 1. The minimum atomic E-state index is -1.17. The summed E-state index contributed by atoms with van der Waals surface area (Å²) in [5, 5.41) is 12.5. The molecular formula is C27H27FN2O5. The summed E-state index contributed by atoms with van der Waals surface area (Å²) in [5.74, 6) is -3.24. The Morgan fingerprint density at radius 3 is 2.06 bits per heavy atom. The van der Waals surface area contributed by atoms with Crippen molar-refractivity contribution in [1.82, 2.24) is 10.4 Å². The van der Waals surface area contributed by atoms with Gasteiger partial charge in [0.25, 0.3) is 5.91 Å². The lowest BCUT2D eigenvalue weighted by Gasteiger charge is -2.27. The van der Waals surface area contributed by atoms with Crippen molar-refractivity contribution < 1.29 is 28.7 Å². The molecule has 0 saturated carbocycles. The first-order chi connectivity index (χ1) is 16.9. The largest absolute Gasteiger partial charge is 0.480 e. The zero-order chi connectivity index (χ0) is 25.0. The summed E-state index contributed by atoms with van der Waals surface area (Å²) < 4.78 is 13.3. The Hall–Kier alpha value is -4.04. The van der Waals surface area contributed by atoms with E-state index >= 15 is 0 Å². The van der Waals surface area contributed by atoms with E-state index in [2.05, 4.69) is 5.32 Å². The molecule has 0 heterocycles. The molecule has 3 aromatic carbocycles. The van der Waals surface area contributed by atoms with Crippen LogP contribution in [0.5, 0.6) is 0 Å². The fourth-order valence-electron chi connectivity index (χ4n) is 3.46. The van der Waals surface area contributed by atoms with Crippen LogP contribution in [0.3, 0.4) is 0 Å². The van der Waals surface area contributed by atoms with Gasteiger partial charge in [-0.3, -0.25) is 19.2 Å². The molecule has 2 amide bonds. The van der Waals surface area contributed by atoms with Gasteiger partial charge in [0.05, 0.1) is 18.9 Å². The topological polar surface area (TPSA) is 95.9 Å². The van der Waals surface area contributed by atoms with Crippen LogP contribution in [0, 0.1) is 11.7 Å². The highest BCUT2D eigenvalue weighted by Crippen LogP contribution is 2.15. The first kappa shape index (κ1) is 25.6. The first-order valence-corrected chi connectivity index (χ1v) is 11.2. The number of rotatable bonds is 12. The lowest BCUT2D eigenvalue weighted by molar-refractivity contribution is -0.195. The highest BCUT2D eigenvalue weighted by atomic mass is 19.1. The van der Waals surface area contributed by atoms with Gasteiger partial charge in [-0.25, -0.2) is 9.45 Å². The lowest BCUT2D eigenvalue weighted by atomic mass is 9.98. The lowest BCUT2D eigenvalue weighted by Crippen LogP contribution is -2.44. The van der Waals surface area contributed by atoms with Gasteiger partial charge in [-0.05, 0) is 35.2 Å². The average Bonchev–Trinajstić information content (AvgIpc) is 2.87. The van der Waals surface area contributed by atoms with Gasteiger partial charge in [0.1, 0.15) is 19.0 Å². The number of hydrogen-bond acceptors (Lipinski definition) is 4. The number of amides is 2. The van der Waals surface area contributed by atoms with Crippen molar-refractivity contribution in [2.75, 3.05) is 13.1 Å². The number of hydrogen-bond donors (Lipinski definition) is 2. The zero-order valence-electron chi connectivity index (χ0n) is 19.1. The summed E-state index contributed by atoms with van der Waals surface area (Å²) in [7, 11) is 0. The third-order valence-electron chi connectivity index (χ3n) is 5.27. The molecule has 8 heteroatoms. The summed E-state index contributed by atoms with van der Waals surface area (Å²) in [6.07, 6.45) is 0.227. The molecule has 2 N–H and O–H groups in total. The first-order valence-electron chi connectivity index (χ1n) is 11.2. The molecule has 0 bridgehead atoms. The molecule has 0 saturated heterocycles. The van der Waals surface area contributed by atoms with Crippen LogP contribution in [0.25, 0.3) is 0 Å². The second kappa shape index (κ2) is 13.0. The number of carbonyl (C=O) groups excluding carboxylic acids is 2. The molecule has 0 aliphatic rings. The minimum Gasteiger partial charge on any atom is -0.480 e. The minimum absolute atomic E-state index is 0.0517. The van der Waals surface area contributed by atoms with Gasteiger partial charge in [0, 0.05) is 0 Å². The number of carboxylic acid groups (broad SMARTS) is 1. The molecule has 35 heavy (non-hydrogen) atoms. The SMILES string of the molecule is O=C(O)CNC(=O)C(Cc1ccccc1)CN(OCc1ccccc1)C(=O)Cc1ccc(F)cc1. The normalized spacial score (nSPS) is 11.5. The maximum Gasteiger partial charge on any atom is 0.322 e. The quantitative estimate of drug-likeness (QED) is 0.389. The highest BCUT2D eigenvalue weighted by molar-refractivity contribution is 5.84. The van der Waals surface area contributed by atoms with Gasteiger partial charge >= 0.3 is 5.97 Å². The predicted octanol–water partition coefficient (Wildman–Crippen LogP) is 3.39. The van der Waals surface area contributed by atoms with Crippen LogP contribution in [-0.2, 0) is 38.7 Å². The third-order valence-corrected chi connectivity index (χ3v) is 5.27. The van der Waals surface area contributed by atoms with Crippen molar-refractivity contribution in [2.45, 2.75) is 19.4 Å². The Morgan fingerprint density at radius 2 is 1.46 bits per heavy atom. The maximum atomic E-state index is 13.3. The van der Waals surface area contributed by atoms with Gasteiger partial charge in [-0.15, -0.1) is 0 Å². The van der Waals surface area contributed by atoms with Crippen LogP contribution < -0.4 is 5.32 Å². The second-order valence-electron chi connectivity index (χ2n) is 8.02. The number of nitrogens with one attached hydrogen (secondary N) is 1. The van der Waals surface area contributed by atoms with Gasteiger partial charge in [0.2, 0.25) is 5.91 Å². The summed E-state index contributed by atoms with van der Waals surface area (Å²) >= 11 is 0. The van der Waals surface area contributed by atoms with E-state index in [4.69, 9.17) is 9.94 Å². The number of hydroxylamine groups is 2. The van der Waals surface area contributed by atoms with Crippen LogP contribution in [-0.4, -0.2) is 41.0 Å². The fourth-order valence-corrected chi connectivity index (χ4v) is 3.46. The molecule has 1 unspecified atom stereocenters. The average molecular weight is 479 g/mol. The smallest absolute Gasteiger partial charge is 0.322 e. The van der Waals surface area contributed by atoms with Crippen molar-refractivity contribution in [2.24, 2.45) is 5.92 Å². The van der Waals surface area contributed by atoms with Crippen LogP contribution in [0.4, 0.5) is 4.39 Å². The maximum absolute atomic E-state index is 13.3. The summed E-state index contributed by atoms with van der Waals surface area (Å²) in [6, 6.07) is 24.1. The monoisotopic (exact) mass is 478 g/mol. The zero-order valence-corrected chi connectivity index (χ0v) is 19.1. The van der Waals surface area contributed by atoms with Crippen LogP contribution in [0.15, 0.2) is 84.9 Å². The standard InChI is InChI=1S/C27H27FN2O5/c28-24-13-11-21(12-14-24)16-25(31)30(35-19-22-9-5-2-6-10-22)18-23(27(34)29-17-26(32)33)15-20-7-3-1-4-8-20/h1-14,23H,15-19H2,(H,29,34)(H,32,33). The second-order valence-corrected chi connectivity index (χ2v) is 8.02. The Balaban J connectivity index is 1.80. The van der Waals surface area contributed by atoms with E-state index in [1.54, 1.807) is 0 Å². The van der Waals surface area contributed by atoms with Crippen LogP contribution in [0.1, 0.15) is 16.7 Å². The Labute approximate surface area is 203 Å². The van der Waals surface area contributed by atoms with Crippen LogP contribution >= 0.6 is 0 Å². The molecular weight excluding hydrogens is 451 g/mol. The summed E-state index contributed by atoms with van der Waals surface area (Å²) in [5.41, 5.74) is 2.29. The van der Waals surface area contributed by atoms with E-state index in [1.807, 2.05) is 60.7 Å². The molecule has 1 atom stereocenters. The fraction of sp³-hybridized carbons (Fsp3) is 0.222. The van der Waals surface area contributed by atoms with Crippen molar-refractivity contribution in [1.29, 1.82) is 0 Å². The number of nitrogens with zero attached hydrogens (tertiary/aromatic N) is 1. The Kier molecular flexibility index (Phi) is 9.50. The Morgan fingerprint density at radius 1 is 0.857 bits per heavy atom. The summed E-state index contributed by atoms with van der Waals surface area (Å²) in [4.78, 5) is 42.9. The van der Waals surface area contributed by atoms with Gasteiger partial charge < -0.3 is 10.4 Å². The molecule has 0 fully saturated rings. The Bertz CT molecular complexity index is 1110. The number of benzene rings is 3. The summed E-state index contributed by atoms with van der Waals surface area (Å²) in [6.45, 7) is -0.517. The third kappa shape index (κ3) is 8.68. The predicted molar refractivity (Wildman–Crippen MR) is 127 cm³/mol. The van der Waals surface area contributed by atoms with Crippen molar-refractivity contribution in [3.63, 3.8) is 0 Å². The van der Waals surface area contributed by atoms with Crippen LogP contribution in [0.2, 0.25) is 0 Å². The number of halogens is 1. The molecule has 0 aromatic heterocycles. The molecule has 7 nitrogen and oxygen atoms in total. The molecule has 0 aliphatic heterocycles. The number of carbonyl (C=O) groups is 3. The van der Waals surface area contributed by atoms with E-state index in [1.165, 1.54) is 24.3 Å². The van der Waals surface area contributed by atoms with Crippen molar-refractivity contribution in [3.8, 4) is 0 Å². The van der Waals surface area contributed by atoms with Gasteiger partial charge in [-0.2, -0.15) is 0 Å². The van der Waals surface area contributed by atoms with E-state index in [-0.39, 0.29) is 26.0 Å². The molecule has 0 spiro atoms. The molecule has 182 valence electrons.